The molecule has 2 aliphatic rings. The van der Waals surface area contributed by atoms with E-state index in [4.69, 9.17) is 14.7 Å². The SMILES string of the molecule is O=C(NO)[C@H]1O[C@@H](C(=O)c2ccc(C#Cc3ccc(CN4CCOCC4)cc3)cc2)[C@@H](O)[C@H]1O. The zero-order valence-corrected chi connectivity index (χ0v) is 18.4. The number of ketones is 1. The lowest BCUT2D eigenvalue weighted by atomic mass is 9.99. The van der Waals surface area contributed by atoms with Crippen LogP contribution in [-0.4, -0.2) is 82.7 Å². The molecule has 1 amide bonds. The number of ether oxygens (including phenoxy) is 2. The van der Waals surface area contributed by atoms with E-state index in [1.54, 1.807) is 24.3 Å². The van der Waals surface area contributed by atoms with E-state index in [2.05, 4.69) is 28.9 Å². The van der Waals surface area contributed by atoms with E-state index in [1.807, 2.05) is 12.1 Å². The zero-order chi connectivity index (χ0) is 24.1. The smallest absolute Gasteiger partial charge is 0.275 e. The number of aliphatic hydroxyl groups is 2. The molecule has 2 aromatic rings. The topological polar surface area (TPSA) is 129 Å². The summed E-state index contributed by atoms with van der Waals surface area (Å²) in [5.74, 6) is 4.52. The van der Waals surface area contributed by atoms with E-state index in [-0.39, 0.29) is 5.56 Å². The minimum Gasteiger partial charge on any atom is -0.387 e. The van der Waals surface area contributed by atoms with Gasteiger partial charge >= 0.3 is 0 Å². The molecule has 4 N–H and O–H groups in total. The van der Waals surface area contributed by atoms with Gasteiger partial charge in [-0.25, -0.2) is 5.48 Å². The predicted molar refractivity (Wildman–Crippen MR) is 120 cm³/mol. The Labute approximate surface area is 196 Å². The summed E-state index contributed by atoms with van der Waals surface area (Å²) in [6, 6.07) is 14.5. The third-order valence-corrected chi connectivity index (χ3v) is 5.87. The highest BCUT2D eigenvalue weighted by atomic mass is 16.6. The monoisotopic (exact) mass is 466 g/mol. The summed E-state index contributed by atoms with van der Waals surface area (Å²) in [5, 5.41) is 28.7. The number of hydrogen-bond donors (Lipinski definition) is 4. The molecule has 2 aliphatic heterocycles. The molecule has 34 heavy (non-hydrogen) atoms. The van der Waals surface area contributed by atoms with Crippen LogP contribution in [0.25, 0.3) is 0 Å². The molecule has 2 aromatic carbocycles. The van der Waals surface area contributed by atoms with Crippen LogP contribution < -0.4 is 5.48 Å². The average molecular weight is 466 g/mol. The molecular formula is C25H26N2O7. The van der Waals surface area contributed by atoms with Crippen LogP contribution in [0.15, 0.2) is 48.5 Å². The van der Waals surface area contributed by atoms with Crippen molar-refractivity contribution in [2.45, 2.75) is 31.0 Å². The number of hydrogen-bond acceptors (Lipinski definition) is 8. The molecule has 9 nitrogen and oxygen atoms in total. The molecule has 0 radical (unpaired) electrons. The molecule has 2 fully saturated rings. The molecule has 0 bridgehead atoms. The Morgan fingerprint density at radius 2 is 1.47 bits per heavy atom. The van der Waals surface area contributed by atoms with Crippen molar-refractivity contribution in [3.8, 4) is 11.8 Å². The number of morpholine rings is 1. The number of Topliss-reactive ketones (excluding diaryl/α,β-unsaturated/α-hetero) is 1. The zero-order valence-electron chi connectivity index (χ0n) is 18.4. The molecule has 4 atom stereocenters. The van der Waals surface area contributed by atoms with Crippen molar-refractivity contribution in [1.29, 1.82) is 0 Å². The van der Waals surface area contributed by atoms with E-state index in [9.17, 15) is 19.8 Å². The fraction of sp³-hybridized carbons (Fsp3) is 0.360. The molecular weight excluding hydrogens is 440 g/mol. The summed E-state index contributed by atoms with van der Waals surface area (Å²) in [4.78, 5) is 26.6. The molecule has 4 rings (SSSR count). The summed E-state index contributed by atoms with van der Waals surface area (Å²) >= 11 is 0. The molecule has 0 aliphatic carbocycles. The van der Waals surface area contributed by atoms with Crippen LogP contribution in [0.4, 0.5) is 0 Å². The van der Waals surface area contributed by atoms with E-state index in [0.29, 0.717) is 5.56 Å². The van der Waals surface area contributed by atoms with Gasteiger partial charge in [0.05, 0.1) is 13.2 Å². The summed E-state index contributed by atoms with van der Waals surface area (Å²) in [5.41, 5.74) is 4.36. The average Bonchev–Trinajstić information content (AvgIpc) is 3.18. The maximum Gasteiger partial charge on any atom is 0.275 e. The van der Waals surface area contributed by atoms with Crippen molar-refractivity contribution in [1.82, 2.24) is 10.4 Å². The van der Waals surface area contributed by atoms with Crippen molar-refractivity contribution in [2.24, 2.45) is 0 Å². The Hall–Kier alpha value is -3.10. The van der Waals surface area contributed by atoms with Crippen LogP contribution >= 0.6 is 0 Å². The molecule has 9 heteroatoms. The van der Waals surface area contributed by atoms with E-state index in [0.717, 1.165) is 38.4 Å². The van der Waals surface area contributed by atoms with E-state index >= 15 is 0 Å². The largest absolute Gasteiger partial charge is 0.387 e. The lowest BCUT2D eigenvalue weighted by Gasteiger charge is -2.26. The molecule has 0 spiro atoms. The standard InChI is InChI=1S/C25H26N2O7/c28-20(23-21(29)22(30)24(34-23)25(31)26-32)19-9-7-17(8-10-19)2-1-16-3-5-18(6-4-16)15-27-11-13-33-14-12-27/h3-10,21-24,29-30,32H,11-15H2,(H,26,31)/t21-,22+,23-,24-/m0/s1. The third kappa shape index (κ3) is 5.51. The summed E-state index contributed by atoms with van der Waals surface area (Å²) < 4.78 is 10.6. The Kier molecular flexibility index (Phi) is 7.70. The first-order valence-electron chi connectivity index (χ1n) is 11.0. The number of aliphatic hydroxyl groups excluding tert-OH is 2. The van der Waals surface area contributed by atoms with Gasteiger partial charge < -0.3 is 19.7 Å². The second-order valence-electron chi connectivity index (χ2n) is 8.21. The third-order valence-electron chi connectivity index (χ3n) is 5.87. The Morgan fingerprint density at radius 1 is 0.912 bits per heavy atom. The Balaban J connectivity index is 1.37. The first kappa shape index (κ1) is 24.0. The highest BCUT2D eigenvalue weighted by molar-refractivity contribution is 6.00. The lowest BCUT2D eigenvalue weighted by Crippen LogP contribution is -2.41. The van der Waals surface area contributed by atoms with Crippen LogP contribution in [0.1, 0.15) is 27.0 Å². The summed E-state index contributed by atoms with van der Waals surface area (Å²) in [6.07, 6.45) is -6.20. The van der Waals surface area contributed by atoms with Gasteiger partial charge in [0, 0.05) is 36.3 Å². The number of benzene rings is 2. The van der Waals surface area contributed by atoms with Crippen molar-refractivity contribution in [2.75, 3.05) is 26.3 Å². The second kappa shape index (κ2) is 10.9. The van der Waals surface area contributed by atoms with Gasteiger partial charge in [-0.2, -0.15) is 0 Å². The normalized spacial score (nSPS) is 24.8. The summed E-state index contributed by atoms with van der Waals surface area (Å²) in [6.45, 7) is 4.29. The van der Waals surface area contributed by atoms with Gasteiger partial charge in [-0.3, -0.25) is 19.7 Å². The minimum atomic E-state index is -1.63. The molecule has 178 valence electrons. The quantitative estimate of drug-likeness (QED) is 0.211. The van der Waals surface area contributed by atoms with Crippen molar-refractivity contribution in [3.63, 3.8) is 0 Å². The Bertz CT molecular complexity index is 1070. The number of nitrogens with zero attached hydrogens (tertiary/aromatic N) is 1. The lowest BCUT2D eigenvalue weighted by molar-refractivity contribution is -0.143. The maximum absolute atomic E-state index is 12.7. The molecule has 2 saturated heterocycles. The van der Waals surface area contributed by atoms with E-state index in [1.165, 1.54) is 11.0 Å². The predicted octanol–water partition coefficient (Wildman–Crippen LogP) is 0.0959. The number of carbonyl (C=O) groups is 2. The second-order valence-corrected chi connectivity index (χ2v) is 8.21. The van der Waals surface area contributed by atoms with Gasteiger partial charge in [0.25, 0.3) is 5.91 Å². The van der Waals surface area contributed by atoms with Gasteiger partial charge in [0.1, 0.15) is 18.3 Å². The first-order chi connectivity index (χ1) is 16.5. The number of hydroxylamine groups is 1. The van der Waals surface area contributed by atoms with Crippen LogP contribution in [0.5, 0.6) is 0 Å². The number of nitrogens with one attached hydrogen (secondary N) is 1. The van der Waals surface area contributed by atoms with Crippen molar-refractivity contribution >= 4 is 11.7 Å². The van der Waals surface area contributed by atoms with Gasteiger partial charge in [-0.05, 0) is 29.8 Å². The van der Waals surface area contributed by atoms with Gasteiger partial charge in [-0.15, -0.1) is 0 Å². The number of rotatable bonds is 5. The molecule has 0 aromatic heterocycles. The van der Waals surface area contributed by atoms with E-state index < -0.39 is 36.1 Å². The van der Waals surface area contributed by atoms with Gasteiger partial charge in [-0.1, -0.05) is 36.1 Å². The van der Waals surface area contributed by atoms with Crippen LogP contribution in [0.2, 0.25) is 0 Å². The highest BCUT2D eigenvalue weighted by Crippen LogP contribution is 2.24. The fourth-order valence-corrected chi connectivity index (χ4v) is 3.91. The number of carbonyl (C=O) groups excluding carboxylic acids is 2. The highest BCUT2D eigenvalue weighted by Gasteiger charge is 2.49. The molecule has 0 unspecified atom stereocenters. The van der Waals surface area contributed by atoms with Crippen LogP contribution in [0, 0.1) is 11.8 Å². The first-order valence-corrected chi connectivity index (χ1v) is 11.0. The molecule has 0 saturated carbocycles. The number of amides is 1. The maximum atomic E-state index is 12.7. The molecule has 2 heterocycles. The fourth-order valence-electron chi connectivity index (χ4n) is 3.91. The van der Waals surface area contributed by atoms with Crippen LogP contribution in [0.3, 0.4) is 0 Å². The minimum absolute atomic E-state index is 0.235. The Morgan fingerprint density at radius 3 is 2.06 bits per heavy atom. The van der Waals surface area contributed by atoms with Crippen LogP contribution in [-0.2, 0) is 20.8 Å². The van der Waals surface area contributed by atoms with Crippen molar-refractivity contribution in [3.05, 3.63) is 70.8 Å². The van der Waals surface area contributed by atoms with Crippen molar-refractivity contribution < 1.29 is 34.5 Å². The summed E-state index contributed by atoms with van der Waals surface area (Å²) in [7, 11) is 0. The van der Waals surface area contributed by atoms with Gasteiger partial charge in [0.15, 0.2) is 11.9 Å². The van der Waals surface area contributed by atoms with Gasteiger partial charge in [0.2, 0.25) is 0 Å².